The molecule has 1 saturated heterocycles. The maximum Gasteiger partial charge on any atom is 0.101 e. The van der Waals surface area contributed by atoms with E-state index in [1.54, 1.807) is 0 Å². The van der Waals surface area contributed by atoms with Crippen LogP contribution in [-0.4, -0.2) is 50.4 Å². The number of hydrogen-bond acceptors (Lipinski definition) is 4. The molecule has 0 radical (unpaired) electrons. The fourth-order valence-electron chi connectivity index (χ4n) is 4.70. The number of aromatic nitrogens is 2. The van der Waals surface area contributed by atoms with Crippen LogP contribution in [0.1, 0.15) is 48.7 Å². The molecule has 1 N–H and O–H groups in total. The lowest BCUT2D eigenvalue weighted by atomic mass is 10.0. The minimum Gasteiger partial charge on any atom is -0.386 e. The largest absolute Gasteiger partial charge is 0.386 e. The van der Waals surface area contributed by atoms with Crippen molar-refractivity contribution < 1.29 is 5.11 Å². The Morgan fingerprint density at radius 3 is 2.52 bits per heavy atom. The number of fused-ring (bicyclic) bond motifs is 1. The molecule has 144 valence electrons. The zero-order chi connectivity index (χ0) is 18.2. The van der Waals surface area contributed by atoms with Crippen molar-refractivity contribution in [2.24, 2.45) is 5.92 Å². The summed E-state index contributed by atoms with van der Waals surface area (Å²) in [5.74, 6) is 0.451. The molecule has 5 heteroatoms. The van der Waals surface area contributed by atoms with E-state index in [1.807, 2.05) is 0 Å². The molecular formula is C22H30N4O. The van der Waals surface area contributed by atoms with Crippen molar-refractivity contribution in [3.05, 3.63) is 53.3 Å². The van der Waals surface area contributed by atoms with E-state index in [0.717, 1.165) is 44.7 Å². The zero-order valence-electron chi connectivity index (χ0n) is 16.0. The lowest BCUT2D eigenvalue weighted by Crippen LogP contribution is -2.47. The van der Waals surface area contributed by atoms with Crippen molar-refractivity contribution in [3.8, 4) is 0 Å². The number of benzene rings is 1. The number of aliphatic hydroxyl groups excluding tert-OH is 1. The molecule has 1 aromatic carbocycles. The number of nitrogens with zero attached hydrogens (tertiary/aromatic N) is 4. The van der Waals surface area contributed by atoms with E-state index in [-0.39, 0.29) is 6.10 Å². The SMILES string of the molecule is OC(c1cc2n(n1)CCN(C1CCN(Cc3ccccc3)CC1)C2)C1CC1. The Balaban J connectivity index is 1.17. The highest BCUT2D eigenvalue weighted by Crippen LogP contribution is 2.40. The molecule has 5 rings (SSSR count). The first-order chi connectivity index (χ1) is 13.3. The highest BCUT2D eigenvalue weighted by atomic mass is 16.3. The van der Waals surface area contributed by atoms with Gasteiger partial charge in [-0.15, -0.1) is 0 Å². The summed E-state index contributed by atoms with van der Waals surface area (Å²) in [6, 6.07) is 13.6. The molecule has 1 aromatic heterocycles. The lowest BCUT2D eigenvalue weighted by molar-refractivity contribution is 0.0819. The Morgan fingerprint density at radius 1 is 1.00 bits per heavy atom. The summed E-state index contributed by atoms with van der Waals surface area (Å²) >= 11 is 0. The Morgan fingerprint density at radius 2 is 1.78 bits per heavy atom. The molecule has 5 nitrogen and oxygen atoms in total. The van der Waals surface area contributed by atoms with Gasteiger partial charge in [0, 0.05) is 25.7 Å². The average molecular weight is 367 g/mol. The second-order valence-corrected chi connectivity index (χ2v) is 8.53. The topological polar surface area (TPSA) is 44.5 Å². The smallest absolute Gasteiger partial charge is 0.101 e. The van der Waals surface area contributed by atoms with Gasteiger partial charge in [0.15, 0.2) is 0 Å². The molecule has 0 amide bonds. The summed E-state index contributed by atoms with van der Waals surface area (Å²) in [6.45, 7) is 6.45. The van der Waals surface area contributed by atoms with Crippen LogP contribution in [-0.2, 0) is 19.6 Å². The van der Waals surface area contributed by atoms with Crippen LogP contribution in [0.25, 0.3) is 0 Å². The quantitative estimate of drug-likeness (QED) is 0.884. The van der Waals surface area contributed by atoms with Crippen LogP contribution < -0.4 is 0 Å². The van der Waals surface area contributed by atoms with E-state index in [1.165, 1.54) is 37.2 Å². The van der Waals surface area contributed by atoms with Gasteiger partial charge in [0.05, 0.1) is 17.9 Å². The molecule has 27 heavy (non-hydrogen) atoms. The number of hydrogen-bond donors (Lipinski definition) is 1. The van der Waals surface area contributed by atoms with Crippen molar-refractivity contribution in [3.63, 3.8) is 0 Å². The van der Waals surface area contributed by atoms with Crippen LogP contribution in [0.15, 0.2) is 36.4 Å². The van der Waals surface area contributed by atoms with Crippen molar-refractivity contribution in [1.82, 2.24) is 19.6 Å². The Labute approximate surface area is 161 Å². The summed E-state index contributed by atoms with van der Waals surface area (Å²) in [5.41, 5.74) is 3.59. The second-order valence-electron chi connectivity index (χ2n) is 8.53. The van der Waals surface area contributed by atoms with Gasteiger partial charge in [-0.2, -0.15) is 5.10 Å². The Bertz CT molecular complexity index is 762. The normalized spacial score (nSPS) is 23.3. The third-order valence-corrected chi connectivity index (χ3v) is 6.54. The van der Waals surface area contributed by atoms with E-state index in [4.69, 9.17) is 0 Å². The van der Waals surface area contributed by atoms with Gasteiger partial charge < -0.3 is 5.11 Å². The molecule has 1 aliphatic carbocycles. The third kappa shape index (κ3) is 3.82. The molecule has 1 unspecified atom stereocenters. The van der Waals surface area contributed by atoms with Crippen LogP contribution in [0.2, 0.25) is 0 Å². The first-order valence-electron chi connectivity index (χ1n) is 10.5. The predicted octanol–water partition coefficient (Wildman–Crippen LogP) is 2.81. The average Bonchev–Trinajstić information content (AvgIpc) is 3.47. The first kappa shape index (κ1) is 17.4. The fraction of sp³-hybridized carbons (Fsp3) is 0.591. The maximum atomic E-state index is 10.4. The van der Waals surface area contributed by atoms with Crippen molar-refractivity contribution in [1.29, 1.82) is 0 Å². The highest BCUT2D eigenvalue weighted by Gasteiger charge is 2.34. The molecule has 3 aliphatic rings. The number of piperidine rings is 1. The molecular weight excluding hydrogens is 336 g/mol. The van der Waals surface area contributed by atoms with Crippen LogP contribution >= 0.6 is 0 Å². The Kier molecular flexibility index (Phi) is 4.76. The van der Waals surface area contributed by atoms with E-state index in [0.29, 0.717) is 12.0 Å². The molecule has 1 saturated carbocycles. The van der Waals surface area contributed by atoms with Crippen LogP contribution in [0.4, 0.5) is 0 Å². The Hall–Kier alpha value is -1.69. The van der Waals surface area contributed by atoms with E-state index < -0.39 is 0 Å². The minimum atomic E-state index is -0.349. The van der Waals surface area contributed by atoms with Gasteiger partial charge in [-0.3, -0.25) is 14.5 Å². The van der Waals surface area contributed by atoms with E-state index in [9.17, 15) is 5.11 Å². The summed E-state index contributed by atoms with van der Waals surface area (Å²) in [4.78, 5) is 5.23. The predicted molar refractivity (Wildman–Crippen MR) is 105 cm³/mol. The molecule has 3 heterocycles. The van der Waals surface area contributed by atoms with E-state index in [2.05, 4.69) is 56.0 Å². The minimum absolute atomic E-state index is 0.349. The molecule has 0 bridgehead atoms. The van der Waals surface area contributed by atoms with Gasteiger partial charge in [0.2, 0.25) is 0 Å². The monoisotopic (exact) mass is 366 g/mol. The van der Waals surface area contributed by atoms with Gasteiger partial charge in [-0.05, 0) is 56.3 Å². The number of rotatable bonds is 5. The molecule has 2 aliphatic heterocycles. The number of aliphatic hydroxyl groups is 1. The van der Waals surface area contributed by atoms with Crippen molar-refractivity contribution >= 4 is 0 Å². The van der Waals surface area contributed by atoms with Crippen molar-refractivity contribution in [2.75, 3.05) is 19.6 Å². The molecule has 2 aromatic rings. The van der Waals surface area contributed by atoms with Crippen LogP contribution in [0.3, 0.4) is 0 Å². The highest BCUT2D eigenvalue weighted by molar-refractivity contribution is 5.17. The van der Waals surface area contributed by atoms with Gasteiger partial charge in [0.1, 0.15) is 6.10 Å². The summed E-state index contributed by atoms with van der Waals surface area (Å²) in [5, 5.41) is 15.1. The molecule has 2 fully saturated rings. The molecule has 0 spiro atoms. The number of likely N-dealkylation sites (tertiary alicyclic amines) is 1. The van der Waals surface area contributed by atoms with Crippen LogP contribution in [0.5, 0.6) is 0 Å². The van der Waals surface area contributed by atoms with Gasteiger partial charge in [-0.1, -0.05) is 30.3 Å². The van der Waals surface area contributed by atoms with Crippen LogP contribution in [0, 0.1) is 5.92 Å². The lowest BCUT2D eigenvalue weighted by Gasteiger charge is -2.40. The standard InChI is InChI=1S/C22H30N4O/c27-22(18-6-7-18)21-14-20-16-25(12-13-26(20)23-21)19-8-10-24(11-9-19)15-17-4-2-1-3-5-17/h1-5,14,18-19,22,27H,6-13,15-16H2. The van der Waals surface area contributed by atoms with Crippen molar-refractivity contribution in [2.45, 2.75) is 57.5 Å². The van der Waals surface area contributed by atoms with Gasteiger partial charge in [-0.25, -0.2) is 0 Å². The third-order valence-electron chi connectivity index (χ3n) is 6.54. The maximum absolute atomic E-state index is 10.4. The summed E-state index contributed by atoms with van der Waals surface area (Å²) < 4.78 is 2.13. The second kappa shape index (κ2) is 7.38. The first-order valence-corrected chi connectivity index (χ1v) is 10.5. The fourth-order valence-corrected chi connectivity index (χ4v) is 4.70. The van der Waals surface area contributed by atoms with Gasteiger partial charge in [0.25, 0.3) is 0 Å². The molecule has 1 atom stereocenters. The van der Waals surface area contributed by atoms with E-state index >= 15 is 0 Å². The zero-order valence-corrected chi connectivity index (χ0v) is 16.0. The van der Waals surface area contributed by atoms with Gasteiger partial charge >= 0.3 is 0 Å². The summed E-state index contributed by atoms with van der Waals surface area (Å²) in [6.07, 6.45) is 4.45. The summed E-state index contributed by atoms with van der Waals surface area (Å²) in [7, 11) is 0.